The lowest BCUT2D eigenvalue weighted by Gasteiger charge is -2.22. The van der Waals surface area contributed by atoms with Crippen LogP contribution in [0.2, 0.25) is 0 Å². The summed E-state index contributed by atoms with van der Waals surface area (Å²) in [6, 6.07) is 11.1. The number of aryl methyl sites for hydroxylation is 1. The zero-order chi connectivity index (χ0) is 20.1. The standard InChI is InChI=1S/C20H26FN7/c1-14-11-18(26-25-14)22-17-12-19(28(4)10-9-27(2)3)24-20(23-17)16-8-6-5-7-15(16)13-21/h5-8,11-12H,9-10,13H2,1-4H3,(H2,22,23,24,25,26). The molecule has 0 saturated heterocycles. The molecule has 2 heterocycles. The summed E-state index contributed by atoms with van der Waals surface area (Å²) in [4.78, 5) is 13.5. The predicted molar refractivity (Wildman–Crippen MR) is 111 cm³/mol. The third-order valence-corrected chi connectivity index (χ3v) is 4.35. The summed E-state index contributed by atoms with van der Waals surface area (Å²) in [7, 11) is 6.05. The Kier molecular flexibility index (Phi) is 6.20. The van der Waals surface area contributed by atoms with E-state index in [1.54, 1.807) is 6.07 Å². The number of likely N-dealkylation sites (N-methyl/N-ethyl adjacent to an activating group) is 2. The number of alkyl halides is 1. The summed E-state index contributed by atoms with van der Waals surface area (Å²) in [6.45, 7) is 3.05. The fourth-order valence-electron chi connectivity index (χ4n) is 2.75. The highest BCUT2D eigenvalue weighted by atomic mass is 19.1. The Morgan fingerprint density at radius 1 is 1.04 bits per heavy atom. The maximum Gasteiger partial charge on any atom is 0.164 e. The molecule has 1 aromatic carbocycles. The van der Waals surface area contributed by atoms with Crippen LogP contribution in [0, 0.1) is 6.92 Å². The van der Waals surface area contributed by atoms with Crippen molar-refractivity contribution >= 4 is 17.5 Å². The van der Waals surface area contributed by atoms with Crippen LogP contribution in [-0.2, 0) is 6.67 Å². The van der Waals surface area contributed by atoms with E-state index in [1.165, 1.54) is 0 Å². The van der Waals surface area contributed by atoms with Crippen LogP contribution in [0.5, 0.6) is 0 Å². The van der Waals surface area contributed by atoms with Gasteiger partial charge in [0.15, 0.2) is 11.6 Å². The van der Waals surface area contributed by atoms with Gasteiger partial charge in [0.25, 0.3) is 0 Å². The second-order valence-corrected chi connectivity index (χ2v) is 7.01. The average molecular weight is 383 g/mol. The number of halogens is 1. The largest absolute Gasteiger partial charge is 0.358 e. The zero-order valence-electron chi connectivity index (χ0n) is 16.7. The summed E-state index contributed by atoms with van der Waals surface area (Å²) in [5.74, 6) is 2.52. The van der Waals surface area contributed by atoms with Gasteiger partial charge < -0.3 is 15.1 Å². The number of rotatable bonds is 8. The Morgan fingerprint density at radius 3 is 2.50 bits per heavy atom. The van der Waals surface area contributed by atoms with Crippen molar-refractivity contribution in [1.82, 2.24) is 25.1 Å². The topological polar surface area (TPSA) is 73.0 Å². The Balaban J connectivity index is 2.00. The molecule has 3 aromatic rings. The van der Waals surface area contributed by atoms with E-state index in [0.717, 1.165) is 24.6 Å². The van der Waals surface area contributed by atoms with Crippen LogP contribution in [0.25, 0.3) is 11.4 Å². The molecule has 7 nitrogen and oxygen atoms in total. The number of aromatic nitrogens is 4. The van der Waals surface area contributed by atoms with E-state index >= 15 is 0 Å². The lowest BCUT2D eigenvalue weighted by Crippen LogP contribution is -2.29. The smallest absolute Gasteiger partial charge is 0.164 e. The first-order valence-corrected chi connectivity index (χ1v) is 9.14. The predicted octanol–water partition coefficient (Wildman–Crippen LogP) is 3.39. The van der Waals surface area contributed by atoms with E-state index in [0.29, 0.717) is 28.6 Å². The van der Waals surface area contributed by atoms with E-state index < -0.39 is 6.67 Å². The van der Waals surface area contributed by atoms with E-state index in [1.807, 2.05) is 58.4 Å². The van der Waals surface area contributed by atoms with Crippen LogP contribution in [0.3, 0.4) is 0 Å². The molecule has 2 N–H and O–H groups in total. The molecular weight excluding hydrogens is 357 g/mol. The highest BCUT2D eigenvalue weighted by molar-refractivity contribution is 5.66. The third-order valence-electron chi connectivity index (χ3n) is 4.35. The van der Waals surface area contributed by atoms with Gasteiger partial charge in [-0.05, 0) is 26.6 Å². The molecule has 2 aromatic heterocycles. The molecular formula is C20H26FN7. The molecule has 0 atom stereocenters. The molecule has 0 amide bonds. The third kappa shape index (κ3) is 4.83. The molecule has 0 aliphatic carbocycles. The Labute approximate surface area is 164 Å². The summed E-state index contributed by atoms with van der Waals surface area (Å²) >= 11 is 0. The average Bonchev–Trinajstić information content (AvgIpc) is 3.10. The SMILES string of the molecule is Cc1cc(Nc2cc(N(C)CCN(C)C)nc(-c3ccccc3CF)n2)n[nH]1. The van der Waals surface area contributed by atoms with Crippen molar-refractivity contribution in [2.45, 2.75) is 13.6 Å². The number of hydrogen-bond donors (Lipinski definition) is 2. The monoisotopic (exact) mass is 383 g/mol. The van der Waals surface area contributed by atoms with Crippen LogP contribution < -0.4 is 10.2 Å². The molecule has 0 unspecified atom stereocenters. The van der Waals surface area contributed by atoms with Crippen LogP contribution in [0.15, 0.2) is 36.4 Å². The number of benzene rings is 1. The molecule has 0 saturated carbocycles. The lowest BCUT2D eigenvalue weighted by molar-refractivity contribution is 0.416. The van der Waals surface area contributed by atoms with Crippen LogP contribution in [-0.4, -0.2) is 59.3 Å². The molecule has 0 radical (unpaired) electrons. The Bertz CT molecular complexity index is 922. The minimum atomic E-state index is -0.568. The number of nitrogens with one attached hydrogen (secondary N) is 2. The van der Waals surface area contributed by atoms with Crippen LogP contribution in [0.4, 0.5) is 21.8 Å². The lowest BCUT2D eigenvalue weighted by atomic mass is 10.1. The number of H-pyrrole nitrogens is 1. The van der Waals surface area contributed by atoms with Gasteiger partial charge in [0.05, 0.1) is 0 Å². The van der Waals surface area contributed by atoms with Gasteiger partial charge in [-0.1, -0.05) is 24.3 Å². The van der Waals surface area contributed by atoms with E-state index in [4.69, 9.17) is 4.98 Å². The van der Waals surface area contributed by atoms with Gasteiger partial charge in [-0.25, -0.2) is 14.4 Å². The van der Waals surface area contributed by atoms with Crippen LogP contribution in [0.1, 0.15) is 11.3 Å². The molecule has 0 bridgehead atoms. The molecule has 28 heavy (non-hydrogen) atoms. The normalized spacial score (nSPS) is 11.1. The van der Waals surface area contributed by atoms with Gasteiger partial charge in [-0.15, -0.1) is 0 Å². The fourth-order valence-corrected chi connectivity index (χ4v) is 2.75. The molecule has 0 fully saturated rings. The fraction of sp³-hybridized carbons (Fsp3) is 0.350. The molecule has 0 spiro atoms. The number of aromatic amines is 1. The van der Waals surface area contributed by atoms with Crippen molar-refractivity contribution in [3.05, 3.63) is 47.7 Å². The Hall–Kier alpha value is -3.00. The summed E-state index contributed by atoms with van der Waals surface area (Å²) in [5, 5.41) is 10.3. The first-order chi connectivity index (χ1) is 13.5. The minimum Gasteiger partial charge on any atom is -0.358 e. The molecule has 0 aliphatic heterocycles. The molecule has 3 rings (SSSR count). The van der Waals surface area contributed by atoms with E-state index in [9.17, 15) is 4.39 Å². The van der Waals surface area contributed by atoms with Gasteiger partial charge in [0.2, 0.25) is 0 Å². The van der Waals surface area contributed by atoms with Crippen molar-refractivity contribution < 1.29 is 4.39 Å². The number of hydrogen-bond acceptors (Lipinski definition) is 6. The summed E-state index contributed by atoms with van der Waals surface area (Å²) in [6.07, 6.45) is 0. The molecule has 148 valence electrons. The first kappa shape index (κ1) is 19.8. The number of nitrogens with zero attached hydrogens (tertiary/aromatic N) is 5. The zero-order valence-corrected chi connectivity index (χ0v) is 16.7. The first-order valence-electron chi connectivity index (χ1n) is 9.14. The molecule has 0 aliphatic rings. The van der Waals surface area contributed by atoms with Crippen molar-refractivity contribution in [3.8, 4) is 11.4 Å². The summed E-state index contributed by atoms with van der Waals surface area (Å²) in [5.41, 5.74) is 2.20. The molecule has 8 heteroatoms. The van der Waals surface area contributed by atoms with Crippen molar-refractivity contribution in [3.63, 3.8) is 0 Å². The van der Waals surface area contributed by atoms with Gasteiger partial charge >= 0.3 is 0 Å². The summed E-state index contributed by atoms with van der Waals surface area (Å²) < 4.78 is 13.5. The van der Waals surface area contributed by atoms with Gasteiger partial charge in [-0.3, -0.25) is 5.10 Å². The van der Waals surface area contributed by atoms with Crippen LogP contribution >= 0.6 is 0 Å². The van der Waals surface area contributed by atoms with Gasteiger partial charge in [0.1, 0.15) is 18.3 Å². The minimum absolute atomic E-state index is 0.484. The van der Waals surface area contributed by atoms with Crippen molar-refractivity contribution in [2.75, 3.05) is 44.4 Å². The quantitative estimate of drug-likeness (QED) is 0.621. The van der Waals surface area contributed by atoms with E-state index in [2.05, 4.69) is 30.3 Å². The number of anilines is 3. The highest BCUT2D eigenvalue weighted by Crippen LogP contribution is 2.26. The second kappa shape index (κ2) is 8.79. The maximum absolute atomic E-state index is 13.5. The Morgan fingerprint density at radius 2 is 1.82 bits per heavy atom. The van der Waals surface area contributed by atoms with Crippen molar-refractivity contribution in [1.29, 1.82) is 0 Å². The van der Waals surface area contributed by atoms with Crippen molar-refractivity contribution in [2.24, 2.45) is 0 Å². The van der Waals surface area contributed by atoms with Gasteiger partial charge in [0, 0.05) is 43.5 Å². The van der Waals surface area contributed by atoms with Gasteiger partial charge in [-0.2, -0.15) is 5.10 Å². The maximum atomic E-state index is 13.5. The second-order valence-electron chi connectivity index (χ2n) is 7.01. The highest BCUT2D eigenvalue weighted by Gasteiger charge is 2.14. The van der Waals surface area contributed by atoms with E-state index in [-0.39, 0.29) is 0 Å².